The maximum atomic E-state index is 12.0. The van der Waals surface area contributed by atoms with Gasteiger partial charge < -0.3 is 10.1 Å². The average Bonchev–Trinajstić information content (AvgIpc) is 2.56. The van der Waals surface area contributed by atoms with Crippen LogP contribution < -0.4 is 10.1 Å². The number of halogens is 2. The molecule has 1 amide bonds. The van der Waals surface area contributed by atoms with Gasteiger partial charge in [-0.1, -0.05) is 48.0 Å². The van der Waals surface area contributed by atoms with Crippen LogP contribution in [0, 0.1) is 0 Å². The molecule has 0 bridgehead atoms. The molecule has 6 heteroatoms. The van der Waals surface area contributed by atoms with E-state index >= 15 is 0 Å². The van der Waals surface area contributed by atoms with E-state index in [4.69, 9.17) is 27.9 Å². The van der Waals surface area contributed by atoms with Gasteiger partial charge >= 0.3 is 0 Å². The van der Waals surface area contributed by atoms with Crippen molar-refractivity contribution in [2.24, 2.45) is 0 Å². The molecule has 0 saturated heterocycles. The number of thioether (sulfide) groups is 1. The minimum atomic E-state index is -0.0686. The first-order chi connectivity index (χ1) is 11.6. The molecule has 2 rings (SSSR count). The fourth-order valence-corrected chi connectivity index (χ4v) is 3.00. The lowest BCUT2D eigenvalue weighted by atomic mass is 10.2. The summed E-state index contributed by atoms with van der Waals surface area (Å²) in [6.07, 6.45) is 1.67. The summed E-state index contributed by atoms with van der Waals surface area (Å²) in [5, 5.41) is 3.91. The molecule has 3 nitrogen and oxygen atoms in total. The number of hydrogen-bond acceptors (Lipinski definition) is 3. The third-order valence-electron chi connectivity index (χ3n) is 2.97. The maximum absolute atomic E-state index is 12.0. The molecule has 0 saturated carbocycles. The van der Waals surface area contributed by atoms with Gasteiger partial charge in [-0.3, -0.25) is 4.79 Å². The first kappa shape index (κ1) is 18.7. The predicted octanol–water partition coefficient (Wildman–Crippen LogP) is 5.43. The second-order valence-corrected chi connectivity index (χ2v) is 6.72. The van der Waals surface area contributed by atoms with Crippen LogP contribution in [0.4, 0.5) is 5.69 Å². The van der Waals surface area contributed by atoms with Crippen molar-refractivity contribution >= 4 is 46.6 Å². The molecular weight excluding hydrogens is 365 g/mol. The zero-order valence-corrected chi connectivity index (χ0v) is 15.3. The molecule has 0 radical (unpaired) electrons. The SMILES string of the molecule is C=CCOc1cccc(NC(=O)CSCc2ccc(Cl)c(Cl)c2)c1. The summed E-state index contributed by atoms with van der Waals surface area (Å²) in [6.45, 7) is 4.03. The van der Waals surface area contributed by atoms with Crippen LogP contribution in [0.5, 0.6) is 5.75 Å². The molecule has 0 fully saturated rings. The van der Waals surface area contributed by atoms with E-state index in [0.29, 0.717) is 39.6 Å². The molecule has 0 heterocycles. The molecule has 0 aliphatic carbocycles. The first-order valence-electron chi connectivity index (χ1n) is 7.24. The number of hydrogen-bond donors (Lipinski definition) is 1. The van der Waals surface area contributed by atoms with Gasteiger partial charge in [0.05, 0.1) is 15.8 Å². The minimum absolute atomic E-state index is 0.0686. The van der Waals surface area contributed by atoms with Crippen LogP contribution in [0.2, 0.25) is 10.0 Å². The lowest BCUT2D eigenvalue weighted by Gasteiger charge is -2.08. The van der Waals surface area contributed by atoms with Gasteiger partial charge in [-0.25, -0.2) is 0 Å². The molecule has 2 aromatic rings. The summed E-state index contributed by atoms with van der Waals surface area (Å²) in [6, 6.07) is 12.7. The Hall–Kier alpha value is -1.62. The van der Waals surface area contributed by atoms with E-state index in [1.807, 2.05) is 30.3 Å². The van der Waals surface area contributed by atoms with E-state index in [9.17, 15) is 4.79 Å². The van der Waals surface area contributed by atoms with Crippen molar-refractivity contribution in [2.75, 3.05) is 17.7 Å². The molecule has 1 N–H and O–H groups in total. The van der Waals surface area contributed by atoms with Crippen LogP contribution in [0.15, 0.2) is 55.1 Å². The molecule has 0 aliphatic rings. The highest BCUT2D eigenvalue weighted by molar-refractivity contribution is 7.99. The molecule has 0 atom stereocenters. The van der Waals surface area contributed by atoms with Gasteiger partial charge in [0.15, 0.2) is 0 Å². The smallest absolute Gasteiger partial charge is 0.234 e. The fourth-order valence-electron chi connectivity index (χ4n) is 1.91. The van der Waals surface area contributed by atoms with Gasteiger partial charge in [-0.2, -0.15) is 0 Å². The Morgan fingerprint density at radius 1 is 1.21 bits per heavy atom. The molecule has 0 unspecified atom stereocenters. The lowest BCUT2D eigenvalue weighted by Crippen LogP contribution is -2.14. The zero-order chi connectivity index (χ0) is 17.4. The standard InChI is InChI=1S/C18H17Cl2NO2S/c1-2-8-23-15-5-3-4-14(10-15)21-18(22)12-24-11-13-6-7-16(19)17(20)9-13/h2-7,9-10H,1,8,11-12H2,(H,21,22). The Morgan fingerprint density at radius 2 is 2.04 bits per heavy atom. The van der Waals surface area contributed by atoms with Crippen LogP contribution in [0.1, 0.15) is 5.56 Å². The van der Waals surface area contributed by atoms with Crippen molar-refractivity contribution in [1.29, 1.82) is 0 Å². The molecule has 2 aromatic carbocycles. The summed E-state index contributed by atoms with van der Waals surface area (Å²) < 4.78 is 5.44. The van der Waals surface area contributed by atoms with Crippen molar-refractivity contribution < 1.29 is 9.53 Å². The predicted molar refractivity (Wildman–Crippen MR) is 103 cm³/mol. The number of anilines is 1. The van der Waals surface area contributed by atoms with Crippen LogP contribution in [0.25, 0.3) is 0 Å². The fraction of sp³-hybridized carbons (Fsp3) is 0.167. The summed E-state index contributed by atoms with van der Waals surface area (Å²) in [5.41, 5.74) is 1.73. The van der Waals surface area contributed by atoms with Crippen LogP contribution in [0.3, 0.4) is 0 Å². The Kier molecular flexibility index (Phi) is 7.50. The number of carbonyl (C=O) groups excluding carboxylic acids is 1. The Balaban J connectivity index is 1.80. The number of benzene rings is 2. The largest absolute Gasteiger partial charge is 0.489 e. The van der Waals surface area contributed by atoms with E-state index in [-0.39, 0.29) is 5.91 Å². The molecule has 0 aromatic heterocycles. The molecule has 0 spiro atoms. The normalized spacial score (nSPS) is 10.2. The summed E-state index contributed by atoms with van der Waals surface area (Å²) in [7, 11) is 0. The lowest BCUT2D eigenvalue weighted by molar-refractivity contribution is -0.113. The zero-order valence-electron chi connectivity index (χ0n) is 12.9. The van der Waals surface area contributed by atoms with Gasteiger partial charge in [0.2, 0.25) is 5.91 Å². The number of nitrogens with one attached hydrogen (secondary N) is 1. The number of ether oxygens (including phenoxy) is 1. The second-order valence-electron chi connectivity index (χ2n) is 4.92. The average molecular weight is 382 g/mol. The highest BCUT2D eigenvalue weighted by Crippen LogP contribution is 2.25. The van der Waals surface area contributed by atoms with Gasteiger partial charge in [0.1, 0.15) is 12.4 Å². The summed E-state index contributed by atoms with van der Waals surface area (Å²) >= 11 is 13.4. The second kappa shape index (κ2) is 9.62. The minimum Gasteiger partial charge on any atom is -0.489 e. The van der Waals surface area contributed by atoms with E-state index in [1.165, 1.54) is 11.8 Å². The topological polar surface area (TPSA) is 38.3 Å². The van der Waals surface area contributed by atoms with Crippen molar-refractivity contribution in [3.05, 3.63) is 70.7 Å². The van der Waals surface area contributed by atoms with E-state index in [2.05, 4.69) is 11.9 Å². The number of amides is 1. The van der Waals surface area contributed by atoms with Gasteiger partial charge in [0.25, 0.3) is 0 Å². The van der Waals surface area contributed by atoms with Crippen LogP contribution >= 0.6 is 35.0 Å². The highest BCUT2D eigenvalue weighted by atomic mass is 35.5. The van der Waals surface area contributed by atoms with Crippen molar-refractivity contribution in [3.8, 4) is 5.75 Å². The maximum Gasteiger partial charge on any atom is 0.234 e. The molecule has 24 heavy (non-hydrogen) atoms. The molecule has 126 valence electrons. The quantitative estimate of drug-likeness (QED) is 0.619. The Bertz CT molecular complexity index is 722. The van der Waals surface area contributed by atoms with Crippen LogP contribution in [-0.4, -0.2) is 18.3 Å². The van der Waals surface area contributed by atoms with Crippen molar-refractivity contribution in [3.63, 3.8) is 0 Å². The summed E-state index contributed by atoms with van der Waals surface area (Å²) in [4.78, 5) is 12.0. The number of carbonyl (C=O) groups is 1. The van der Waals surface area contributed by atoms with Crippen molar-refractivity contribution in [1.82, 2.24) is 0 Å². The highest BCUT2D eigenvalue weighted by Gasteiger charge is 2.05. The van der Waals surface area contributed by atoms with E-state index < -0.39 is 0 Å². The summed E-state index contributed by atoms with van der Waals surface area (Å²) in [5.74, 6) is 1.65. The third kappa shape index (κ3) is 6.11. The monoisotopic (exact) mass is 381 g/mol. The van der Waals surface area contributed by atoms with E-state index in [0.717, 1.165) is 5.56 Å². The number of rotatable bonds is 8. The van der Waals surface area contributed by atoms with Crippen LogP contribution in [-0.2, 0) is 10.5 Å². The van der Waals surface area contributed by atoms with Gasteiger partial charge in [0, 0.05) is 17.5 Å². The molecular formula is C18H17Cl2NO2S. The third-order valence-corrected chi connectivity index (χ3v) is 4.71. The Labute approximate surface area is 156 Å². The first-order valence-corrected chi connectivity index (χ1v) is 9.15. The van der Waals surface area contributed by atoms with Crippen molar-refractivity contribution in [2.45, 2.75) is 5.75 Å². The van der Waals surface area contributed by atoms with E-state index in [1.54, 1.807) is 18.2 Å². The molecule has 0 aliphatic heterocycles. The Morgan fingerprint density at radius 3 is 2.79 bits per heavy atom. The van der Waals surface area contributed by atoms with Gasteiger partial charge in [-0.05, 0) is 29.8 Å². The van der Waals surface area contributed by atoms with Gasteiger partial charge in [-0.15, -0.1) is 11.8 Å².